The van der Waals surface area contributed by atoms with Gasteiger partial charge in [-0.05, 0) is 30.7 Å². The highest BCUT2D eigenvalue weighted by atomic mass is 35.5. The number of carbonyl (C=O) groups is 2. The number of thiazole rings is 1. The number of nitrogens with zero attached hydrogens (tertiary/aromatic N) is 2. The maximum absolute atomic E-state index is 12.6. The van der Waals surface area contributed by atoms with Crippen molar-refractivity contribution in [3.05, 3.63) is 64.8 Å². The first-order valence-electron chi connectivity index (χ1n) is 9.10. The summed E-state index contributed by atoms with van der Waals surface area (Å²) in [5.41, 5.74) is 2.82. The highest BCUT2D eigenvalue weighted by molar-refractivity contribution is 7.14. The minimum absolute atomic E-state index is 0.278. The fraction of sp³-hybridized carbons (Fsp3) is 0.143. The number of aromatic nitrogens is 2. The monoisotopic (exact) mass is 441 g/mol. The van der Waals surface area contributed by atoms with Crippen LogP contribution >= 0.6 is 22.9 Å². The Hall–Kier alpha value is -3.23. The van der Waals surface area contributed by atoms with Crippen LogP contribution in [0.2, 0.25) is 5.02 Å². The fourth-order valence-corrected chi connectivity index (χ4v) is 3.76. The molecule has 0 fully saturated rings. The van der Waals surface area contributed by atoms with Gasteiger partial charge in [0.2, 0.25) is 0 Å². The molecule has 152 valence electrons. The van der Waals surface area contributed by atoms with Crippen molar-refractivity contribution in [3.63, 3.8) is 0 Å². The first-order valence-corrected chi connectivity index (χ1v) is 10.4. The molecule has 1 atom stereocenters. The summed E-state index contributed by atoms with van der Waals surface area (Å²) >= 11 is 7.47. The van der Waals surface area contributed by atoms with Gasteiger partial charge < -0.3 is 9.15 Å². The lowest BCUT2D eigenvalue weighted by atomic mass is 10.2. The second kappa shape index (κ2) is 8.64. The van der Waals surface area contributed by atoms with Crippen LogP contribution in [0, 0.1) is 0 Å². The van der Waals surface area contributed by atoms with E-state index in [-0.39, 0.29) is 5.56 Å². The number of nitrogens with one attached hydrogen (secondary N) is 1. The van der Waals surface area contributed by atoms with Gasteiger partial charge in [0, 0.05) is 16.0 Å². The van der Waals surface area contributed by atoms with Gasteiger partial charge >= 0.3 is 5.97 Å². The van der Waals surface area contributed by atoms with E-state index in [1.54, 1.807) is 30.5 Å². The first kappa shape index (κ1) is 20.1. The van der Waals surface area contributed by atoms with E-state index in [4.69, 9.17) is 20.8 Å². The van der Waals surface area contributed by atoms with Crippen molar-refractivity contribution in [1.82, 2.24) is 9.97 Å². The van der Waals surface area contributed by atoms with Crippen molar-refractivity contribution in [1.29, 1.82) is 0 Å². The molecule has 9 heteroatoms. The summed E-state index contributed by atoms with van der Waals surface area (Å²) in [6.45, 7) is 1.76. The van der Waals surface area contributed by atoms with Gasteiger partial charge in [0.25, 0.3) is 5.91 Å². The molecule has 7 nitrogen and oxygen atoms in total. The Morgan fingerprint density at radius 3 is 2.90 bits per heavy atom. The number of carbonyl (C=O) groups excluding carboxylic acids is 2. The van der Waals surface area contributed by atoms with Gasteiger partial charge in [0.05, 0.1) is 11.3 Å². The summed E-state index contributed by atoms with van der Waals surface area (Å²) < 4.78 is 10.6. The third kappa shape index (κ3) is 4.19. The quantitative estimate of drug-likeness (QED) is 0.414. The van der Waals surface area contributed by atoms with Crippen molar-refractivity contribution >= 4 is 51.0 Å². The molecule has 0 aliphatic rings. The van der Waals surface area contributed by atoms with E-state index >= 15 is 0 Å². The molecule has 0 aliphatic carbocycles. The van der Waals surface area contributed by atoms with Gasteiger partial charge in [0.1, 0.15) is 5.52 Å². The molecule has 4 aromatic rings. The predicted molar refractivity (Wildman–Crippen MR) is 115 cm³/mol. The lowest BCUT2D eigenvalue weighted by Crippen LogP contribution is -2.32. The Balaban J connectivity index is 1.44. The average molecular weight is 442 g/mol. The van der Waals surface area contributed by atoms with Crippen LogP contribution in [0.4, 0.5) is 5.13 Å². The summed E-state index contributed by atoms with van der Waals surface area (Å²) in [7, 11) is 0. The molecule has 0 spiro atoms. The number of anilines is 1. The molecule has 1 N–H and O–H groups in total. The second-order valence-electron chi connectivity index (χ2n) is 6.34. The Labute approximate surface area is 180 Å². The topological polar surface area (TPSA) is 94.3 Å². The summed E-state index contributed by atoms with van der Waals surface area (Å²) in [5, 5.41) is 5.48. The molecule has 4 rings (SSSR count). The number of oxazole rings is 1. The van der Waals surface area contributed by atoms with Crippen molar-refractivity contribution in [2.24, 2.45) is 0 Å². The molecule has 2 heterocycles. The highest BCUT2D eigenvalue weighted by Crippen LogP contribution is 2.30. The zero-order valence-electron chi connectivity index (χ0n) is 15.8. The van der Waals surface area contributed by atoms with Crippen LogP contribution in [0.3, 0.4) is 0 Å². The van der Waals surface area contributed by atoms with E-state index in [1.165, 1.54) is 23.8 Å². The van der Waals surface area contributed by atoms with Crippen molar-refractivity contribution < 1.29 is 18.7 Å². The minimum Gasteiger partial charge on any atom is -0.449 e. The first-order chi connectivity index (χ1) is 14.5. The van der Waals surface area contributed by atoms with Crippen LogP contribution in [-0.2, 0) is 9.53 Å². The Kier molecular flexibility index (Phi) is 5.78. The number of benzene rings is 2. The van der Waals surface area contributed by atoms with Crippen molar-refractivity contribution in [3.8, 4) is 11.3 Å². The molecule has 2 aromatic heterocycles. The standard InChI is InChI=1S/C21H16ClN3O4S/c1-2-17(29-20(27)12-7-8-15-18(9-12)28-11-23-15)19(26)25-21-24-16(10-30-21)13-5-3-4-6-14(13)22/h3-11,17H,2H2,1H3,(H,24,25,26). The molecule has 0 bridgehead atoms. The number of ether oxygens (including phenoxy) is 1. The van der Waals surface area contributed by atoms with E-state index in [9.17, 15) is 9.59 Å². The molecule has 2 aromatic carbocycles. The predicted octanol–water partition coefficient (Wildman–Crippen LogP) is 5.18. The van der Waals surface area contributed by atoms with Crippen molar-refractivity contribution in [2.75, 3.05) is 5.32 Å². The number of rotatable bonds is 6. The fourth-order valence-electron chi connectivity index (χ4n) is 2.81. The molecule has 30 heavy (non-hydrogen) atoms. The van der Waals surface area contributed by atoms with Crippen LogP contribution in [0.1, 0.15) is 23.7 Å². The van der Waals surface area contributed by atoms with Crippen LogP contribution in [0.15, 0.2) is 58.7 Å². The Morgan fingerprint density at radius 1 is 1.27 bits per heavy atom. The molecule has 0 radical (unpaired) electrons. The molecule has 1 amide bonds. The Morgan fingerprint density at radius 2 is 2.10 bits per heavy atom. The van der Waals surface area contributed by atoms with Gasteiger partial charge in [-0.15, -0.1) is 11.3 Å². The van der Waals surface area contributed by atoms with Gasteiger partial charge in [-0.25, -0.2) is 14.8 Å². The maximum atomic E-state index is 12.6. The normalized spacial score (nSPS) is 11.9. The summed E-state index contributed by atoms with van der Waals surface area (Å²) in [4.78, 5) is 33.5. The van der Waals surface area contributed by atoms with Gasteiger partial charge in [0.15, 0.2) is 23.2 Å². The summed E-state index contributed by atoms with van der Waals surface area (Å²) in [6, 6.07) is 12.1. The van der Waals surface area contributed by atoms with E-state index in [0.29, 0.717) is 33.4 Å². The number of hydrogen-bond acceptors (Lipinski definition) is 7. The van der Waals surface area contributed by atoms with E-state index in [2.05, 4.69) is 15.3 Å². The van der Waals surface area contributed by atoms with Gasteiger partial charge in [-0.3, -0.25) is 10.1 Å². The molecule has 0 aliphatic heterocycles. The van der Waals surface area contributed by atoms with Crippen molar-refractivity contribution in [2.45, 2.75) is 19.4 Å². The zero-order valence-corrected chi connectivity index (χ0v) is 17.4. The SMILES string of the molecule is CCC(OC(=O)c1ccc2ncoc2c1)C(=O)Nc1nc(-c2ccccc2Cl)cs1. The average Bonchev–Trinajstić information content (AvgIpc) is 3.40. The second-order valence-corrected chi connectivity index (χ2v) is 7.61. The lowest BCUT2D eigenvalue weighted by Gasteiger charge is -2.15. The Bertz CT molecular complexity index is 1220. The maximum Gasteiger partial charge on any atom is 0.339 e. The number of esters is 1. The zero-order chi connectivity index (χ0) is 21.1. The smallest absolute Gasteiger partial charge is 0.339 e. The van der Waals surface area contributed by atoms with Crippen LogP contribution in [0.5, 0.6) is 0 Å². The summed E-state index contributed by atoms with van der Waals surface area (Å²) in [6.07, 6.45) is 0.647. The van der Waals surface area contributed by atoms with E-state index < -0.39 is 18.0 Å². The third-order valence-corrected chi connectivity index (χ3v) is 5.45. The van der Waals surface area contributed by atoms with Crippen LogP contribution in [0.25, 0.3) is 22.4 Å². The molecular weight excluding hydrogens is 426 g/mol. The molecule has 0 saturated carbocycles. The van der Waals surface area contributed by atoms with Gasteiger partial charge in [-0.1, -0.05) is 36.7 Å². The molecule has 1 unspecified atom stereocenters. The van der Waals surface area contributed by atoms with Crippen LogP contribution < -0.4 is 5.32 Å². The minimum atomic E-state index is -0.962. The number of hydrogen-bond donors (Lipinski definition) is 1. The lowest BCUT2D eigenvalue weighted by molar-refractivity contribution is -0.124. The largest absolute Gasteiger partial charge is 0.449 e. The van der Waals surface area contributed by atoms with Crippen LogP contribution in [-0.4, -0.2) is 27.9 Å². The molecular formula is C21H16ClN3O4S. The van der Waals surface area contributed by atoms with E-state index in [0.717, 1.165) is 5.56 Å². The van der Waals surface area contributed by atoms with Gasteiger partial charge in [-0.2, -0.15) is 0 Å². The third-order valence-electron chi connectivity index (χ3n) is 4.36. The number of fused-ring (bicyclic) bond motifs is 1. The van der Waals surface area contributed by atoms with E-state index in [1.807, 2.05) is 18.2 Å². The number of amides is 1. The number of halogens is 1. The molecule has 0 saturated heterocycles. The summed E-state index contributed by atoms with van der Waals surface area (Å²) in [5.74, 6) is -1.07. The highest BCUT2D eigenvalue weighted by Gasteiger charge is 2.23.